The molecule has 0 saturated carbocycles. The first-order valence-electron chi connectivity index (χ1n) is 8.14. The molecule has 2 rings (SSSR count). The molecule has 0 fully saturated rings. The first-order chi connectivity index (χ1) is 12.0. The third-order valence-electron chi connectivity index (χ3n) is 4.13. The zero-order valence-electron chi connectivity index (χ0n) is 14.6. The molecule has 0 aliphatic heterocycles. The summed E-state index contributed by atoms with van der Waals surface area (Å²) in [5, 5.41) is 0. The van der Waals surface area contributed by atoms with Gasteiger partial charge in [0.05, 0.1) is 13.5 Å². The van der Waals surface area contributed by atoms with Gasteiger partial charge >= 0.3 is 5.97 Å². The molecule has 0 atom stereocenters. The lowest BCUT2D eigenvalue weighted by Crippen LogP contribution is -2.11. The molecule has 2 aromatic carbocycles. The molecule has 0 amide bonds. The Morgan fingerprint density at radius 2 is 1.96 bits per heavy atom. The molecule has 5 heteroatoms. The number of carbonyl (C=O) groups is 1. The van der Waals surface area contributed by atoms with Crippen molar-refractivity contribution in [1.82, 2.24) is 0 Å². The largest absolute Gasteiger partial charge is 0.489 e. The summed E-state index contributed by atoms with van der Waals surface area (Å²) < 4.78 is 37.2. The monoisotopic (exact) mass is 348 g/mol. The first kappa shape index (κ1) is 18.9. The normalized spacial score (nSPS) is 10.8. The third-order valence-corrected chi connectivity index (χ3v) is 4.13. The van der Waals surface area contributed by atoms with E-state index in [0.717, 1.165) is 12.0 Å². The minimum Gasteiger partial charge on any atom is -0.489 e. The van der Waals surface area contributed by atoms with Crippen LogP contribution in [0.25, 0.3) is 0 Å². The number of ether oxygens (including phenoxy) is 2. The van der Waals surface area contributed by atoms with Gasteiger partial charge in [-0.25, -0.2) is 8.78 Å². The van der Waals surface area contributed by atoms with Crippen LogP contribution in [-0.4, -0.2) is 13.1 Å². The Labute approximate surface area is 146 Å². The van der Waals surface area contributed by atoms with Crippen molar-refractivity contribution in [3.05, 3.63) is 64.2 Å². The summed E-state index contributed by atoms with van der Waals surface area (Å²) in [5.74, 6) is 0.168. The highest BCUT2D eigenvalue weighted by atomic mass is 19.3. The van der Waals surface area contributed by atoms with Gasteiger partial charge in [0, 0.05) is 11.1 Å². The molecule has 0 N–H and O–H groups in total. The molecule has 0 bridgehead atoms. The maximum absolute atomic E-state index is 13.4. The molecular weight excluding hydrogens is 326 g/mol. The number of carbonyl (C=O) groups excluding carboxylic acids is 1. The van der Waals surface area contributed by atoms with Gasteiger partial charge in [0.25, 0.3) is 6.43 Å². The highest BCUT2D eigenvalue weighted by Crippen LogP contribution is 2.28. The van der Waals surface area contributed by atoms with E-state index in [2.05, 4.69) is 11.7 Å². The molecule has 3 nitrogen and oxygen atoms in total. The molecule has 0 aliphatic rings. The lowest BCUT2D eigenvalue weighted by molar-refractivity contribution is -0.139. The second-order valence-electron chi connectivity index (χ2n) is 5.78. The van der Waals surface area contributed by atoms with Gasteiger partial charge in [-0.1, -0.05) is 37.3 Å². The fourth-order valence-electron chi connectivity index (χ4n) is 2.67. The van der Waals surface area contributed by atoms with Crippen molar-refractivity contribution in [3.8, 4) is 5.75 Å². The van der Waals surface area contributed by atoms with Crippen LogP contribution in [-0.2, 0) is 29.0 Å². The van der Waals surface area contributed by atoms with E-state index >= 15 is 0 Å². The standard InChI is InChI=1S/C20H22F2O3/c1-4-14-8-9-18(13(2)10-14)25-12-17-15(11-19(23)24-3)6-5-7-16(17)20(21)22/h5-10,20H,4,11-12H2,1-3H3. The molecule has 0 saturated heterocycles. The van der Waals surface area contributed by atoms with Crippen LogP contribution in [0, 0.1) is 6.92 Å². The molecule has 25 heavy (non-hydrogen) atoms. The zero-order chi connectivity index (χ0) is 18.4. The number of alkyl halides is 2. The van der Waals surface area contributed by atoms with E-state index < -0.39 is 12.4 Å². The Bertz CT molecular complexity index is 742. The lowest BCUT2D eigenvalue weighted by Gasteiger charge is -2.16. The maximum Gasteiger partial charge on any atom is 0.309 e. The van der Waals surface area contributed by atoms with Crippen molar-refractivity contribution in [3.63, 3.8) is 0 Å². The molecule has 0 spiro atoms. The fraction of sp³-hybridized carbons (Fsp3) is 0.350. The summed E-state index contributed by atoms with van der Waals surface area (Å²) in [6.45, 7) is 3.95. The van der Waals surface area contributed by atoms with Gasteiger partial charge in [0.1, 0.15) is 12.4 Å². The smallest absolute Gasteiger partial charge is 0.309 e. The number of benzene rings is 2. The van der Waals surface area contributed by atoms with Crippen LogP contribution < -0.4 is 4.74 Å². The summed E-state index contributed by atoms with van der Waals surface area (Å²) in [6, 6.07) is 10.3. The minimum absolute atomic E-state index is 0.0286. The molecule has 0 aromatic heterocycles. The van der Waals surface area contributed by atoms with Gasteiger partial charge < -0.3 is 9.47 Å². The van der Waals surface area contributed by atoms with Crippen LogP contribution in [0.3, 0.4) is 0 Å². The highest BCUT2D eigenvalue weighted by molar-refractivity contribution is 5.73. The van der Waals surface area contributed by atoms with Crippen molar-refractivity contribution >= 4 is 5.97 Å². The van der Waals surface area contributed by atoms with E-state index in [0.29, 0.717) is 16.9 Å². The molecule has 0 heterocycles. The van der Waals surface area contributed by atoms with Crippen molar-refractivity contribution in [2.24, 2.45) is 0 Å². The molecule has 0 aliphatic carbocycles. The number of rotatable bonds is 7. The van der Waals surface area contributed by atoms with Crippen molar-refractivity contribution < 1.29 is 23.0 Å². The Balaban J connectivity index is 2.29. The van der Waals surface area contributed by atoms with Gasteiger partial charge in [0.2, 0.25) is 0 Å². The second kappa shape index (κ2) is 8.60. The van der Waals surface area contributed by atoms with Gasteiger partial charge in [-0.3, -0.25) is 4.79 Å². The first-order valence-corrected chi connectivity index (χ1v) is 8.14. The van der Waals surface area contributed by atoms with Crippen LogP contribution in [0.4, 0.5) is 8.78 Å². The average Bonchev–Trinajstić information content (AvgIpc) is 2.60. The average molecular weight is 348 g/mol. The van der Waals surface area contributed by atoms with E-state index in [-0.39, 0.29) is 18.6 Å². The quantitative estimate of drug-likeness (QED) is 0.675. The molecule has 134 valence electrons. The Morgan fingerprint density at radius 1 is 1.20 bits per heavy atom. The minimum atomic E-state index is -2.64. The predicted molar refractivity (Wildman–Crippen MR) is 92.0 cm³/mol. The van der Waals surface area contributed by atoms with Crippen molar-refractivity contribution in [2.75, 3.05) is 7.11 Å². The SMILES string of the molecule is CCc1ccc(OCc2c(CC(=O)OC)cccc2C(F)F)c(C)c1. The Hall–Kier alpha value is -2.43. The van der Waals surface area contributed by atoms with E-state index in [1.807, 2.05) is 25.1 Å². The lowest BCUT2D eigenvalue weighted by atomic mass is 9.99. The second-order valence-corrected chi connectivity index (χ2v) is 5.78. The van der Waals surface area contributed by atoms with E-state index in [1.54, 1.807) is 6.07 Å². The predicted octanol–water partition coefficient (Wildman–Crippen LogP) is 4.79. The maximum atomic E-state index is 13.4. The van der Waals surface area contributed by atoms with Gasteiger partial charge in [0.15, 0.2) is 0 Å². The van der Waals surface area contributed by atoms with Crippen LogP contribution in [0.1, 0.15) is 41.2 Å². The molecule has 0 unspecified atom stereocenters. The number of esters is 1. The highest BCUT2D eigenvalue weighted by Gasteiger charge is 2.18. The summed E-state index contributed by atoms with van der Waals surface area (Å²) >= 11 is 0. The van der Waals surface area contributed by atoms with Crippen LogP contribution >= 0.6 is 0 Å². The molecular formula is C20H22F2O3. The molecule has 0 radical (unpaired) electrons. The number of hydrogen-bond donors (Lipinski definition) is 0. The number of aryl methyl sites for hydroxylation is 2. The summed E-state index contributed by atoms with van der Waals surface area (Å²) in [5.41, 5.74) is 2.84. The third kappa shape index (κ3) is 4.78. The summed E-state index contributed by atoms with van der Waals surface area (Å²) in [6.07, 6.45) is -1.79. The molecule has 2 aromatic rings. The van der Waals surface area contributed by atoms with Crippen LogP contribution in [0.15, 0.2) is 36.4 Å². The summed E-state index contributed by atoms with van der Waals surface area (Å²) in [7, 11) is 1.27. The van der Waals surface area contributed by atoms with Crippen molar-refractivity contribution in [2.45, 2.75) is 39.7 Å². The van der Waals surface area contributed by atoms with Gasteiger partial charge in [-0.05, 0) is 36.1 Å². The number of methoxy groups -OCH3 is 1. The van der Waals surface area contributed by atoms with Crippen LogP contribution in [0.5, 0.6) is 5.75 Å². The fourth-order valence-corrected chi connectivity index (χ4v) is 2.67. The number of halogens is 2. The summed E-state index contributed by atoms with van der Waals surface area (Å²) in [4.78, 5) is 11.6. The Kier molecular flexibility index (Phi) is 6.51. The van der Waals surface area contributed by atoms with E-state index in [1.165, 1.54) is 24.8 Å². The topological polar surface area (TPSA) is 35.5 Å². The Morgan fingerprint density at radius 3 is 2.56 bits per heavy atom. The zero-order valence-corrected chi connectivity index (χ0v) is 14.6. The van der Waals surface area contributed by atoms with E-state index in [4.69, 9.17) is 4.74 Å². The van der Waals surface area contributed by atoms with Gasteiger partial charge in [-0.2, -0.15) is 0 Å². The van der Waals surface area contributed by atoms with Gasteiger partial charge in [-0.15, -0.1) is 0 Å². The number of hydrogen-bond acceptors (Lipinski definition) is 3. The van der Waals surface area contributed by atoms with Crippen LogP contribution in [0.2, 0.25) is 0 Å². The van der Waals surface area contributed by atoms with E-state index in [9.17, 15) is 13.6 Å². The van der Waals surface area contributed by atoms with Crippen molar-refractivity contribution in [1.29, 1.82) is 0 Å².